The van der Waals surface area contributed by atoms with Gasteiger partial charge < -0.3 is 4.90 Å². The molecule has 2 aromatic heterocycles. The zero-order valence-electron chi connectivity index (χ0n) is 15.5. The van der Waals surface area contributed by atoms with Crippen molar-refractivity contribution in [2.75, 3.05) is 0 Å². The molecule has 138 valence electrons. The van der Waals surface area contributed by atoms with E-state index in [9.17, 15) is 4.79 Å². The fourth-order valence-electron chi connectivity index (χ4n) is 5.24. The Morgan fingerprint density at radius 3 is 2.54 bits per heavy atom. The van der Waals surface area contributed by atoms with E-state index in [1.54, 1.807) is 0 Å². The summed E-state index contributed by atoms with van der Waals surface area (Å²) in [4.78, 5) is 27.0. The van der Waals surface area contributed by atoms with Crippen molar-refractivity contribution < 1.29 is 4.79 Å². The first-order chi connectivity index (χ1) is 12.7. The number of carbonyl (C=O) groups is 1. The Morgan fingerprint density at radius 2 is 1.81 bits per heavy atom. The van der Waals surface area contributed by atoms with Gasteiger partial charge in [-0.15, -0.1) is 11.3 Å². The summed E-state index contributed by atoms with van der Waals surface area (Å²) >= 11 is 1.86. The highest BCUT2D eigenvalue weighted by Crippen LogP contribution is 2.40. The molecule has 0 radical (unpaired) electrons. The highest BCUT2D eigenvalue weighted by Gasteiger charge is 2.40. The smallest absolute Gasteiger partial charge is 0.226 e. The lowest BCUT2D eigenvalue weighted by atomic mass is 9.79. The molecule has 4 aliphatic rings. The first-order valence-corrected chi connectivity index (χ1v) is 11.1. The van der Waals surface area contributed by atoms with E-state index in [1.165, 1.54) is 55.2 Å². The van der Waals surface area contributed by atoms with Gasteiger partial charge in [0, 0.05) is 22.2 Å². The number of amides is 1. The third-order valence-electron chi connectivity index (χ3n) is 6.70. The van der Waals surface area contributed by atoms with Gasteiger partial charge in [0.05, 0.1) is 12.2 Å². The molecule has 2 aliphatic heterocycles. The van der Waals surface area contributed by atoms with E-state index in [0.29, 0.717) is 24.4 Å². The molecule has 2 aromatic rings. The minimum Gasteiger partial charge on any atom is -0.334 e. The number of hydrogen-bond acceptors (Lipinski definition) is 4. The summed E-state index contributed by atoms with van der Waals surface area (Å²) in [5, 5.41) is 1.19. The molecule has 2 saturated heterocycles. The molecule has 0 atom stereocenters. The quantitative estimate of drug-likeness (QED) is 0.769. The maximum atomic E-state index is 12.8. The van der Waals surface area contributed by atoms with Crippen LogP contribution in [0.25, 0.3) is 10.2 Å². The molecule has 0 N–H and O–H groups in total. The zero-order chi connectivity index (χ0) is 17.7. The van der Waals surface area contributed by atoms with Crippen LogP contribution in [0.2, 0.25) is 0 Å². The molecule has 4 heterocycles. The lowest BCUT2D eigenvalue weighted by Crippen LogP contribution is -2.51. The SMILES string of the molecule is Cc1nc(CN2C(=O)C3CCC2CC3)c2cc(C3CCCCC3)sc2n1. The van der Waals surface area contributed by atoms with E-state index < -0.39 is 0 Å². The van der Waals surface area contributed by atoms with Gasteiger partial charge in [-0.2, -0.15) is 0 Å². The minimum absolute atomic E-state index is 0.263. The third-order valence-corrected chi connectivity index (χ3v) is 7.89. The molecule has 26 heavy (non-hydrogen) atoms. The Hall–Kier alpha value is -1.49. The van der Waals surface area contributed by atoms with Gasteiger partial charge in [0.2, 0.25) is 5.91 Å². The van der Waals surface area contributed by atoms with Gasteiger partial charge >= 0.3 is 0 Å². The van der Waals surface area contributed by atoms with Crippen molar-refractivity contribution in [3.05, 3.63) is 22.5 Å². The standard InChI is InChI=1S/C21H27N3OS/c1-13-22-18(12-24-16-9-7-15(8-10-16)21(24)25)17-11-19(26-20(17)23-13)14-5-3-2-4-6-14/h11,14-16H,2-10,12H2,1H3. The van der Waals surface area contributed by atoms with E-state index >= 15 is 0 Å². The summed E-state index contributed by atoms with van der Waals surface area (Å²) in [5.74, 6) is 2.15. The lowest BCUT2D eigenvalue weighted by Gasteiger charge is -2.44. The largest absolute Gasteiger partial charge is 0.334 e. The maximum absolute atomic E-state index is 12.8. The molecule has 0 aromatic carbocycles. The van der Waals surface area contributed by atoms with Crippen molar-refractivity contribution in [1.82, 2.24) is 14.9 Å². The Labute approximate surface area is 159 Å². The second-order valence-corrected chi connectivity index (χ2v) is 9.45. The molecular weight excluding hydrogens is 342 g/mol. The normalized spacial score (nSPS) is 26.8. The van der Waals surface area contributed by atoms with Gasteiger partial charge in [0.15, 0.2) is 0 Å². The Balaban J connectivity index is 1.48. The van der Waals surface area contributed by atoms with Crippen molar-refractivity contribution >= 4 is 27.5 Å². The number of carbonyl (C=O) groups excluding carboxylic acids is 1. The van der Waals surface area contributed by atoms with Crippen LogP contribution in [-0.4, -0.2) is 26.8 Å². The van der Waals surface area contributed by atoms with Crippen molar-refractivity contribution in [1.29, 1.82) is 0 Å². The summed E-state index contributed by atoms with van der Waals surface area (Å²) in [6, 6.07) is 2.77. The van der Waals surface area contributed by atoms with Crippen LogP contribution in [0, 0.1) is 12.8 Å². The van der Waals surface area contributed by atoms with Crippen molar-refractivity contribution in [3.63, 3.8) is 0 Å². The number of piperidine rings is 2. The molecule has 4 fully saturated rings. The number of hydrogen-bond donors (Lipinski definition) is 0. The second-order valence-electron chi connectivity index (χ2n) is 8.39. The predicted molar refractivity (Wildman–Crippen MR) is 104 cm³/mol. The second kappa shape index (κ2) is 6.59. The summed E-state index contributed by atoms with van der Waals surface area (Å²) in [6.45, 7) is 2.65. The molecule has 0 unspecified atom stereocenters. The molecular formula is C21H27N3OS. The first kappa shape index (κ1) is 16.7. The van der Waals surface area contributed by atoms with Gasteiger partial charge in [-0.25, -0.2) is 9.97 Å². The fraction of sp³-hybridized carbons (Fsp3) is 0.667. The van der Waals surface area contributed by atoms with Crippen LogP contribution < -0.4 is 0 Å². The van der Waals surface area contributed by atoms with Crippen LogP contribution in [-0.2, 0) is 11.3 Å². The Bertz CT molecular complexity index is 831. The molecule has 4 nitrogen and oxygen atoms in total. The van der Waals surface area contributed by atoms with Gasteiger partial charge in [0.1, 0.15) is 10.7 Å². The zero-order valence-corrected chi connectivity index (χ0v) is 16.4. The van der Waals surface area contributed by atoms with Gasteiger partial charge in [-0.1, -0.05) is 19.3 Å². The fourth-order valence-corrected chi connectivity index (χ4v) is 6.51. The summed E-state index contributed by atoms with van der Waals surface area (Å²) in [6.07, 6.45) is 11.2. The maximum Gasteiger partial charge on any atom is 0.226 e. The first-order valence-electron chi connectivity index (χ1n) is 10.3. The molecule has 2 aliphatic carbocycles. The van der Waals surface area contributed by atoms with E-state index in [0.717, 1.165) is 29.2 Å². The van der Waals surface area contributed by atoms with Crippen LogP contribution in [0.15, 0.2) is 6.07 Å². The summed E-state index contributed by atoms with van der Waals surface area (Å²) in [5.41, 5.74) is 1.06. The molecule has 0 spiro atoms. The topological polar surface area (TPSA) is 46.1 Å². The Kier molecular flexibility index (Phi) is 4.23. The molecule has 6 rings (SSSR count). The highest BCUT2D eigenvalue weighted by atomic mass is 32.1. The number of aryl methyl sites for hydroxylation is 1. The summed E-state index contributed by atoms with van der Waals surface area (Å²) < 4.78 is 0. The molecule has 2 bridgehead atoms. The van der Waals surface area contributed by atoms with Crippen LogP contribution in [0.3, 0.4) is 0 Å². The van der Waals surface area contributed by atoms with Crippen LogP contribution in [0.4, 0.5) is 0 Å². The lowest BCUT2D eigenvalue weighted by molar-refractivity contribution is -0.147. The number of nitrogens with zero attached hydrogens (tertiary/aromatic N) is 3. The van der Waals surface area contributed by atoms with Gasteiger partial charge in [-0.3, -0.25) is 4.79 Å². The monoisotopic (exact) mass is 369 g/mol. The van der Waals surface area contributed by atoms with Crippen molar-refractivity contribution in [3.8, 4) is 0 Å². The predicted octanol–water partition coefficient (Wildman–Crippen LogP) is 4.95. The average molecular weight is 370 g/mol. The number of aromatic nitrogens is 2. The van der Waals surface area contributed by atoms with Crippen molar-refractivity contribution in [2.45, 2.75) is 83.2 Å². The van der Waals surface area contributed by atoms with Crippen molar-refractivity contribution in [2.24, 2.45) is 5.92 Å². The average Bonchev–Trinajstić information content (AvgIpc) is 3.10. The van der Waals surface area contributed by atoms with Crippen LogP contribution in [0.1, 0.15) is 80.1 Å². The van der Waals surface area contributed by atoms with E-state index in [4.69, 9.17) is 9.97 Å². The molecule has 2 saturated carbocycles. The van der Waals surface area contributed by atoms with Gasteiger partial charge in [0.25, 0.3) is 0 Å². The number of fused-ring (bicyclic) bond motifs is 4. The number of rotatable bonds is 3. The number of thiophene rings is 1. The Morgan fingerprint density at radius 1 is 1.04 bits per heavy atom. The minimum atomic E-state index is 0.263. The molecule has 5 heteroatoms. The van der Waals surface area contributed by atoms with Gasteiger partial charge in [-0.05, 0) is 57.4 Å². The van der Waals surface area contributed by atoms with Crippen LogP contribution >= 0.6 is 11.3 Å². The third kappa shape index (κ3) is 2.84. The molecule has 1 amide bonds. The van der Waals surface area contributed by atoms with Crippen LogP contribution in [0.5, 0.6) is 0 Å². The summed E-state index contributed by atoms with van der Waals surface area (Å²) in [7, 11) is 0. The van der Waals surface area contributed by atoms with E-state index in [-0.39, 0.29) is 5.92 Å². The van der Waals surface area contributed by atoms with E-state index in [2.05, 4.69) is 11.0 Å². The highest BCUT2D eigenvalue weighted by molar-refractivity contribution is 7.18. The van der Waals surface area contributed by atoms with E-state index in [1.807, 2.05) is 18.3 Å².